The summed E-state index contributed by atoms with van der Waals surface area (Å²) in [6.45, 7) is 2.21. The van der Waals surface area contributed by atoms with E-state index in [-0.39, 0.29) is 13.2 Å². The molecule has 1 saturated heterocycles. The number of hydrazine groups is 1. The average Bonchev–Trinajstić information content (AvgIpc) is 2.85. The summed E-state index contributed by atoms with van der Waals surface area (Å²) in [6, 6.07) is 6.62. The van der Waals surface area contributed by atoms with Crippen LogP contribution < -0.4 is 16.6 Å². The summed E-state index contributed by atoms with van der Waals surface area (Å²) in [5.74, 6) is -1.86. The fourth-order valence-electron chi connectivity index (χ4n) is 2.40. The summed E-state index contributed by atoms with van der Waals surface area (Å²) in [5.41, 5.74) is 10.4. The van der Waals surface area contributed by atoms with Crippen molar-refractivity contribution in [3.8, 4) is 0 Å². The molecule has 0 spiro atoms. The van der Waals surface area contributed by atoms with Gasteiger partial charge in [-0.05, 0) is 24.6 Å². The number of carbonyl (C=O) groups is 2. The molecule has 0 saturated carbocycles. The van der Waals surface area contributed by atoms with E-state index >= 15 is 0 Å². The lowest BCUT2D eigenvalue weighted by atomic mass is 9.79. The van der Waals surface area contributed by atoms with Crippen LogP contribution >= 0.6 is 11.6 Å². The largest absolute Gasteiger partial charge is 0.466 e. The van der Waals surface area contributed by atoms with Crippen LogP contribution in [0, 0.1) is 5.92 Å². The maximum Gasteiger partial charge on any atom is 0.313 e. The number of nitrogens with two attached hydrogens (primary N) is 1. The van der Waals surface area contributed by atoms with Crippen LogP contribution in [0.15, 0.2) is 24.3 Å². The second-order valence-corrected chi connectivity index (χ2v) is 4.93. The van der Waals surface area contributed by atoms with Crippen LogP contribution in [0.3, 0.4) is 0 Å². The SMILES string of the molecule is CCOC(=O)C1CNNC1(C(N)=O)c1ccc(Cl)cc1. The minimum absolute atomic E-state index is 0.241. The molecule has 1 aromatic rings. The predicted molar refractivity (Wildman–Crippen MR) is 73.6 cm³/mol. The highest BCUT2D eigenvalue weighted by Crippen LogP contribution is 2.33. The lowest BCUT2D eigenvalue weighted by Crippen LogP contribution is -2.56. The van der Waals surface area contributed by atoms with Gasteiger partial charge in [0, 0.05) is 11.6 Å². The number of rotatable bonds is 4. The Bertz CT molecular complexity index is 520. The number of hydrogen-bond acceptors (Lipinski definition) is 5. The second kappa shape index (κ2) is 5.78. The van der Waals surface area contributed by atoms with Gasteiger partial charge >= 0.3 is 5.97 Å². The third-order valence-electron chi connectivity index (χ3n) is 3.37. The zero-order valence-corrected chi connectivity index (χ0v) is 11.7. The van der Waals surface area contributed by atoms with E-state index in [9.17, 15) is 9.59 Å². The topological polar surface area (TPSA) is 93.4 Å². The van der Waals surface area contributed by atoms with Gasteiger partial charge in [0.1, 0.15) is 5.92 Å². The van der Waals surface area contributed by atoms with Crippen LogP contribution in [0.25, 0.3) is 0 Å². The molecule has 2 unspecified atom stereocenters. The van der Waals surface area contributed by atoms with E-state index < -0.39 is 23.3 Å². The quantitative estimate of drug-likeness (QED) is 0.695. The number of halogens is 1. The van der Waals surface area contributed by atoms with E-state index in [0.717, 1.165) is 0 Å². The van der Waals surface area contributed by atoms with E-state index in [1.54, 1.807) is 31.2 Å². The van der Waals surface area contributed by atoms with Crippen LogP contribution in [0.5, 0.6) is 0 Å². The Morgan fingerprint density at radius 3 is 2.65 bits per heavy atom. The highest BCUT2D eigenvalue weighted by atomic mass is 35.5. The maximum atomic E-state index is 12.1. The molecule has 108 valence electrons. The van der Waals surface area contributed by atoms with Crippen molar-refractivity contribution in [1.29, 1.82) is 0 Å². The summed E-state index contributed by atoms with van der Waals surface area (Å²) in [4.78, 5) is 24.1. The number of nitrogens with one attached hydrogen (secondary N) is 2. The molecule has 0 radical (unpaired) electrons. The van der Waals surface area contributed by atoms with E-state index in [0.29, 0.717) is 10.6 Å². The summed E-state index contributed by atoms with van der Waals surface area (Å²) in [7, 11) is 0. The smallest absolute Gasteiger partial charge is 0.313 e. The molecular weight excluding hydrogens is 282 g/mol. The number of hydrogen-bond donors (Lipinski definition) is 3. The van der Waals surface area contributed by atoms with Crippen LogP contribution in [0.2, 0.25) is 5.02 Å². The van der Waals surface area contributed by atoms with Crippen LogP contribution in [0.4, 0.5) is 0 Å². The molecule has 1 aliphatic heterocycles. The summed E-state index contributed by atoms with van der Waals surface area (Å²) in [5, 5.41) is 0.534. The van der Waals surface area contributed by atoms with Crippen molar-refractivity contribution in [2.45, 2.75) is 12.5 Å². The standard InChI is InChI=1S/C13H16ClN3O3/c1-2-20-11(18)10-7-16-17-13(10,12(15)19)8-3-5-9(14)6-4-8/h3-6,10,16-17H,2,7H2,1H3,(H2,15,19). The van der Waals surface area contributed by atoms with Crippen LogP contribution in [0.1, 0.15) is 12.5 Å². The highest BCUT2D eigenvalue weighted by Gasteiger charge is 2.53. The van der Waals surface area contributed by atoms with Gasteiger partial charge < -0.3 is 10.5 Å². The minimum atomic E-state index is -1.34. The third-order valence-corrected chi connectivity index (χ3v) is 3.63. The fraction of sp³-hybridized carbons (Fsp3) is 0.385. The zero-order valence-electron chi connectivity index (χ0n) is 11.0. The molecule has 1 fully saturated rings. The molecule has 2 atom stereocenters. The molecule has 0 bridgehead atoms. The van der Waals surface area contributed by atoms with Crippen LogP contribution in [-0.2, 0) is 19.9 Å². The number of primary amides is 1. The molecule has 20 heavy (non-hydrogen) atoms. The van der Waals surface area contributed by atoms with Crippen molar-refractivity contribution < 1.29 is 14.3 Å². The molecule has 7 heteroatoms. The first-order valence-corrected chi connectivity index (χ1v) is 6.62. The van der Waals surface area contributed by atoms with Gasteiger partial charge in [-0.2, -0.15) is 0 Å². The third kappa shape index (κ3) is 2.37. The maximum absolute atomic E-state index is 12.1. The minimum Gasteiger partial charge on any atom is -0.466 e. The van der Waals surface area contributed by atoms with Crippen molar-refractivity contribution >= 4 is 23.5 Å². The molecular formula is C13H16ClN3O3. The average molecular weight is 298 g/mol. The van der Waals surface area contributed by atoms with Gasteiger partial charge in [-0.3, -0.25) is 15.0 Å². The highest BCUT2D eigenvalue weighted by molar-refractivity contribution is 6.30. The molecule has 6 nitrogen and oxygen atoms in total. The Balaban J connectivity index is 2.45. The summed E-state index contributed by atoms with van der Waals surface area (Å²) >= 11 is 5.85. The van der Waals surface area contributed by atoms with Crippen LogP contribution in [-0.4, -0.2) is 25.0 Å². The molecule has 0 aromatic heterocycles. The first-order chi connectivity index (χ1) is 9.52. The van der Waals surface area contributed by atoms with Crippen molar-refractivity contribution in [2.24, 2.45) is 11.7 Å². The van der Waals surface area contributed by atoms with Gasteiger partial charge in [-0.15, -0.1) is 0 Å². The van der Waals surface area contributed by atoms with Crippen molar-refractivity contribution in [2.75, 3.05) is 13.2 Å². The van der Waals surface area contributed by atoms with Gasteiger partial charge in [0.25, 0.3) is 0 Å². The van der Waals surface area contributed by atoms with Crippen molar-refractivity contribution in [3.05, 3.63) is 34.9 Å². The Labute approximate surface area is 121 Å². The Morgan fingerprint density at radius 2 is 2.10 bits per heavy atom. The van der Waals surface area contributed by atoms with Gasteiger partial charge in [0.05, 0.1) is 6.61 Å². The number of esters is 1. The summed E-state index contributed by atoms with van der Waals surface area (Å²) < 4.78 is 5.02. The van der Waals surface area contributed by atoms with Gasteiger partial charge in [-0.25, -0.2) is 5.43 Å². The number of ether oxygens (including phenoxy) is 1. The Hall–Kier alpha value is -1.63. The predicted octanol–water partition coefficient (Wildman–Crippen LogP) is 0.308. The van der Waals surface area contributed by atoms with E-state index in [1.165, 1.54) is 0 Å². The monoisotopic (exact) mass is 297 g/mol. The van der Waals surface area contributed by atoms with E-state index in [4.69, 9.17) is 22.1 Å². The van der Waals surface area contributed by atoms with E-state index in [1.807, 2.05) is 0 Å². The Morgan fingerprint density at radius 1 is 1.45 bits per heavy atom. The molecule has 1 amide bonds. The van der Waals surface area contributed by atoms with Crippen molar-refractivity contribution in [3.63, 3.8) is 0 Å². The molecule has 4 N–H and O–H groups in total. The van der Waals surface area contributed by atoms with Gasteiger partial charge in [0.15, 0.2) is 5.54 Å². The first kappa shape index (κ1) is 14.8. The zero-order chi connectivity index (χ0) is 14.8. The number of carbonyl (C=O) groups excluding carboxylic acids is 2. The lowest BCUT2D eigenvalue weighted by molar-refractivity contribution is -0.152. The lowest BCUT2D eigenvalue weighted by Gasteiger charge is -2.30. The second-order valence-electron chi connectivity index (χ2n) is 4.49. The Kier molecular flexibility index (Phi) is 4.27. The molecule has 1 aromatic carbocycles. The molecule has 1 aliphatic rings. The fourth-order valence-corrected chi connectivity index (χ4v) is 2.52. The molecule has 1 heterocycles. The molecule has 2 rings (SSSR count). The first-order valence-electron chi connectivity index (χ1n) is 6.25. The molecule has 0 aliphatic carbocycles. The van der Waals surface area contributed by atoms with Gasteiger partial charge in [0.2, 0.25) is 5.91 Å². The summed E-state index contributed by atoms with van der Waals surface area (Å²) in [6.07, 6.45) is 0. The van der Waals surface area contributed by atoms with E-state index in [2.05, 4.69) is 10.9 Å². The number of benzene rings is 1. The van der Waals surface area contributed by atoms with Crippen molar-refractivity contribution in [1.82, 2.24) is 10.9 Å². The normalized spacial score (nSPS) is 25.4. The van der Waals surface area contributed by atoms with Gasteiger partial charge in [-0.1, -0.05) is 23.7 Å². The number of amides is 1.